The Balaban J connectivity index is 1.45. The first-order valence-corrected chi connectivity index (χ1v) is 7.94. The van der Waals surface area contributed by atoms with Crippen molar-refractivity contribution in [1.29, 1.82) is 0 Å². The summed E-state index contributed by atoms with van der Waals surface area (Å²) < 4.78 is 3.70. The number of amides is 1. The molecular weight excluding hydrogens is 330 g/mol. The zero-order chi connectivity index (χ0) is 17.8. The summed E-state index contributed by atoms with van der Waals surface area (Å²) in [5.41, 5.74) is 1.64. The fraction of sp³-hybridized carbons (Fsp3) is 0.0556. The molecule has 0 aliphatic heterocycles. The zero-order valence-electron chi connectivity index (χ0n) is 13.7. The molecule has 8 heteroatoms. The molecule has 0 saturated carbocycles. The van der Waals surface area contributed by atoms with Crippen LogP contribution in [0, 0.1) is 0 Å². The molecule has 0 radical (unpaired) electrons. The van der Waals surface area contributed by atoms with E-state index in [0.717, 1.165) is 5.56 Å². The molecule has 0 saturated heterocycles. The van der Waals surface area contributed by atoms with E-state index in [1.165, 1.54) is 6.33 Å². The molecular formula is C18H15N7O. The molecule has 128 valence electrons. The number of carbonyl (C=O) groups is 1. The average molecular weight is 345 g/mol. The van der Waals surface area contributed by atoms with E-state index in [2.05, 4.69) is 25.3 Å². The highest BCUT2D eigenvalue weighted by Gasteiger charge is 2.08. The van der Waals surface area contributed by atoms with Crippen LogP contribution in [0.1, 0.15) is 15.9 Å². The summed E-state index contributed by atoms with van der Waals surface area (Å²) in [5, 5.41) is 2.79. The molecule has 1 aromatic carbocycles. The van der Waals surface area contributed by atoms with Gasteiger partial charge in [0.15, 0.2) is 0 Å². The summed E-state index contributed by atoms with van der Waals surface area (Å²) in [4.78, 5) is 28.7. The largest absolute Gasteiger partial charge is 0.333 e. The Morgan fingerprint density at radius 3 is 2.54 bits per heavy atom. The van der Waals surface area contributed by atoms with Crippen LogP contribution in [0.5, 0.6) is 0 Å². The van der Waals surface area contributed by atoms with Gasteiger partial charge < -0.3 is 9.88 Å². The first-order chi connectivity index (χ1) is 12.8. The monoisotopic (exact) mass is 345 g/mol. The number of hydrogen-bond donors (Lipinski definition) is 1. The molecule has 1 amide bonds. The second kappa shape index (κ2) is 6.98. The van der Waals surface area contributed by atoms with Gasteiger partial charge in [0, 0.05) is 43.0 Å². The fourth-order valence-corrected chi connectivity index (χ4v) is 2.49. The first-order valence-electron chi connectivity index (χ1n) is 7.94. The van der Waals surface area contributed by atoms with E-state index in [1.54, 1.807) is 54.0 Å². The molecule has 0 spiro atoms. The molecule has 0 unspecified atom stereocenters. The van der Waals surface area contributed by atoms with E-state index in [4.69, 9.17) is 0 Å². The molecule has 1 N–H and O–H groups in total. The van der Waals surface area contributed by atoms with Crippen LogP contribution in [0.2, 0.25) is 0 Å². The van der Waals surface area contributed by atoms with Gasteiger partial charge in [-0.25, -0.2) is 19.9 Å². The molecule has 0 aliphatic carbocycles. The minimum atomic E-state index is -0.227. The van der Waals surface area contributed by atoms with Crippen molar-refractivity contribution in [3.63, 3.8) is 0 Å². The maximum atomic E-state index is 12.4. The number of nitrogens with zero attached hydrogens (tertiary/aromatic N) is 6. The van der Waals surface area contributed by atoms with Crippen molar-refractivity contribution < 1.29 is 4.79 Å². The van der Waals surface area contributed by atoms with Gasteiger partial charge in [-0.1, -0.05) is 12.1 Å². The van der Waals surface area contributed by atoms with E-state index in [9.17, 15) is 4.79 Å². The molecule has 0 fully saturated rings. The molecule has 0 atom stereocenters. The third-order valence-corrected chi connectivity index (χ3v) is 3.80. The van der Waals surface area contributed by atoms with Crippen LogP contribution >= 0.6 is 0 Å². The second-order valence-corrected chi connectivity index (χ2v) is 5.62. The third-order valence-electron chi connectivity index (χ3n) is 3.80. The van der Waals surface area contributed by atoms with E-state index < -0.39 is 0 Å². The Bertz CT molecular complexity index is 992. The number of aromatic nitrogens is 6. The van der Waals surface area contributed by atoms with Crippen LogP contribution in [0.3, 0.4) is 0 Å². The lowest BCUT2D eigenvalue weighted by atomic mass is 10.1. The standard InChI is InChI=1S/C18H15N7O/c26-18(15-3-1-14(2-4-15)10-24-7-5-19-12-24)23-16-9-17(22-11-21-16)25-8-6-20-13-25/h1-9,11-13H,10H2,(H,21,22,23,26). The van der Waals surface area contributed by atoms with Crippen molar-refractivity contribution in [2.45, 2.75) is 6.54 Å². The van der Waals surface area contributed by atoms with Crippen LogP contribution < -0.4 is 5.32 Å². The number of hydrogen-bond acceptors (Lipinski definition) is 5. The minimum absolute atomic E-state index is 0.227. The van der Waals surface area contributed by atoms with Gasteiger partial charge in [-0.05, 0) is 17.7 Å². The van der Waals surface area contributed by atoms with Gasteiger partial charge >= 0.3 is 0 Å². The van der Waals surface area contributed by atoms with Gasteiger partial charge in [-0.2, -0.15) is 0 Å². The van der Waals surface area contributed by atoms with Crippen molar-refractivity contribution in [3.05, 3.63) is 85.2 Å². The van der Waals surface area contributed by atoms with Gasteiger partial charge in [0.05, 0.1) is 6.33 Å². The van der Waals surface area contributed by atoms with Crippen molar-refractivity contribution in [2.24, 2.45) is 0 Å². The van der Waals surface area contributed by atoms with Crippen molar-refractivity contribution in [1.82, 2.24) is 29.1 Å². The average Bonchev–Trinajstić information content (AvgIpc) is 3.37. The number of nitrogens with one attached hydrogen (secondary N) is 1. The number of benzene rings is 1. The van der Waals surface area contributed by atoms with Crippen LogP contribution in [-0.4, -0.2) is 35.0 Å². The SMILES string of the molecule is O=C(Nc1cc(-n2ccnc2)ncn1)c1ccc(Cn2ccnc2)cc1. The molecule has 0 bridgehead atoms. The molecule has 26 heavy (non-hydrogen) atoms. The van der Waals surface area contributed by atoms with E-state index in [1.807, 2.05) is 22.9 Å². The predicted molar refractivity (Wildman–Crippen MR) is 94.9 cm³/mol. The number of imidazole rings is 2. The van der Waals surface area contributed by atoms with Gasteiger partial charge in [-0.3, -0.25) is 9.36 Å². The predicted octanol–water partition coefficient (Wildman–Crippen LogP) is 2.16. The topological polar surface area (TPSA) is 90.5 Å². The number of carbonyl (C=O) groups excluding carboxylic acids is 1. The lowest BCUT2D eigenvalue weighted by Gasteiger charge is -2.07. The quantitative estimate of drug-likeness (QED) is 0.598. The maximum Gasteiger partial charge on any atom is 0.256 e. The molecule has 3 heterocycles. The lowest BCUT2D eigenvalue weighted by molar-refractivity contribution is 0.102. The van der Waals surface area contributed by atoms with Gasteiger partial charge in [0.2, 0.25) is 0 Å². The van der Waals surface area contributed by atoms with E-state index >= 15 is 0 Å². The molecule has 4 rings (SSSR count). The Hall–Kier alpha value is -3.81. The minimum Gasteiger partial charge on any atom is -0.333 e. The second-order valence-electron chi connectivity index (χ2n) is 5.62. The highest BCUT2D eigenvalue weighted by molar-refractivity contribution is 6.03. The van der Waals surface area contributed by atoms with Gasteiger partial charge in [-0.15, -0.1) is 0 Å². The number of anilines is 1. The fourth-order valence-electron chi connectivity index (χ4n) is 2.49. The highest BCUT2D eigenvalue weighted by Crippen LogP contribution is 2.12. The van der Waals surface area contributed by atoms with E-state index in [0.29, 0.717) is 23.7 Å². The summed E-state index contributed by atoms with van der Waals surface area (Å²) >= 11 is 0. The number of rotatable bonds is 5. The Labute approximate surface area is 149 Å². The van der Waals surface area contributed by atoms with Gasteiger partial charge in [0.25, 0.3) is 5.91 Å². The summed E-state index contributed by atoms with van der Waals surface area (Å²) in [6, 6.07) is 9.11. The maximum absolute atomic E-state index is 12.4. The van der Waals surface area contributed by atoms with Crippen molar-refractivity contribution in [3.8, 4) is 5.82 Å². The summed E-state index contributed by atoms with van der Waals surface area (Å²) in [5.74, 6) is 0.828. The summed E-state index contributed by atoms with van der Waals surface area (Å²) in [7, 11) is 0. The summed E-state index contributed by atoms with van der Waals surface area (Å²) in [6.07, 6.45) is 11.9. The first kappa shape index (κ1) is 15.7. The summed E-state index contributed by atoms with van der Waals surface area (Å²) in [6.45, 7) is 0.710. The molecule has 4 aromatic rings. The van der Waals surface area contributed by atoms with Crippen LogP contribution in [0.4, 0.5) is 5.82 Å². The zero-order valence-corrected chi connectivity index (χ0v) is 13.7. The molecule has 8 nitrogen and oxygen atoms in total. The highest BCUT2D eigenvalue weighted by atomic mass is 16.1. The third kappa shape index (κ3) is 3.48. The Morgan fingerprint density at radius 1 is 1.00 bits per heavy atom. The van der Waals surface area contributed by atoms with Gasteiger partial charge in [0.1, 0.15) is 24.3 Å². The lowest BCUT2D eigenvalue weighted by Crippen LogP contribution is -2.13. The van der Waals surface area contributed by atoms with Crippen molar-refractivity contribution in [2.75, 3.05) is 5.32 Å². The molecule has 0 aliphatic rings. The normalized spacial score (nSPS) is 10.6. The smallest absolute Gasteiger partial charge is 0.256 e. The Morgan fingerprint density at radius 2 is 1.81 bits per heavy atom. The van der Waals surface area contributed by atoms with Crippen molar-refractivity contribution >= 4 is 11.7 Å². The molecule has 3 aromatic heterocycles. The Kier molecular flexibility index (Phi) is 4.21. The van der Waals surface area contributed by atoms with Crippen LogP contribution in [-0.2, 0) is 6.54 Å². The van der Waals surface area contributed by atoms with Crippen LogP contribution in [0.15, 0.2) is 74.1 Å². The van der Waals surface area contributed by atoms with Crippen LogP contribution in [0.25, 0.3) is 5.82 Å². The van der Waals surface area contributed by atoms with E-state index in [-0.39, 0.29) is 5.91 Å².